The third kappa shape index (κ3) is 1.50. The van der Waals surface area contributed by atoms with Gasteiger partial charge in [0.2, 0.25) is 0 Å². The molecule has 0 amide bonds. The Morgan fingerprint density at radius 3 is 2.88 bits per heavy atom. The predicted molar refractivity (Wildman–Crippen MR) is 67.8 cm³/mol. The van der Waals surface area contributed by atoms with E-state index in [0.717, 1.165) is 34.6 Å². The number of rotatable bonds is 2. The lowest BCUT2D eigenvalue weighted by Gasteiger charge is -2.30. The van der Waals surface area contributed by atoms with Crippen molar-refractivity contribution in [2.75, 3.05) is 0 Å². The first kappa shape index (κ1) is 11.7. The average Bonchev–Trinajstić information content (AvgIpc) is 2.63. The maximum Gasteiger partial charge on any atom is 0.0964 e. The molecule has 0 saturated carbocycles. The number of aliphatic hydroxyl groups is 1. The second-order valence-corrected chi connectivity index (χ2v) is 5.07. The van der Waals surface area contributed by atoms with Crippen molar-refractivity contribution < 1.29 is 5.11 Å². The first-order valence-corrected chi connectivity index (χ1v) is 6.02. The van der Waals surface area contributed by atoms with E-state index < -0.39 is 5.60 Å². The van der Waals surface area contributed by atoms with Gasteiger partial charge in [-0.05, 0) is 42.5 Å². The Bertz CT molecular complexity index is 439. The molecular formula is C14H17ClO. The van der Waals surface area contributed by atoms with Gasteiger partial charge in [0.15, 0.2) is 0 Å². The summed E-state index contributed by atoms with van der Waals surface area (Å²) >= 11 is 6.18. The summed E-state index contributed by atoms with van der Waals surface area (Å²) < 4.78 is 0. The van der Waals surface area contributed by atoms with Crippen molar-refractivity contribution in [2.24, 2.45) is 5.92 Å². The van der Waals surface area contributed by atoms with Gasteiger partial charge in [-0.25, -0.2) is 0 Å². The van der Waals surface area contributed by atoms with Gasteiger partial charge < -0.3 is 5.11 Å². The van der Waals surface area contributed by atoms with Crippen LogP contribution in [-0.2, 0) is 12.0 Å². The topological polar surface area (TPSA) is 20.2 Å². The van der Waals surface area contributed by atoms with Gasteiger partial charge in [-0.2, -0.15) is 0 Å². The minimum absolute atomic E-state index is 0.0471. The smallest absolute Gasteiger partial charge is 0.0964 e. The van der Waals surface area contributed by atoms with E-state index in [0.29, 0.717) is 0 Å². The van der Waals surface area contributed by atoms with Crippen molar-refractivity contribution in [3.8, 4) is 0 Å². The second-order valence-electron chi connectivity index (χ2n) is 4.67. The average molecular weight is 237 g/mol. The molecular weight excluding hydrogens is 220 g/mol. The summed E-state index contributed by atoms with van der Waals surface area (Å²) in [6, 6.07) is 3.90. The minimum atomic E-state index is -0.786. The van der Waals surface area contributed by atoms with Crippen LogP contribution in [0.1, 0.15) is 30.0 Å². The molecule has 2 heteroatoms. The molecule has 16 heavy (non-hydrogen) atoms. The molecule has 0 bridgehead atoms. The van der Waals surface area contributed by atoms with Crippen LogP contribution in [-0.4, -0.2) is 5.11 Å². The Kier molecular flexibility index (Phi) is 2.85. The summed E-state index contributed by atoms with van der Waals surface area (Å²) in [5, 5.41) is 11.6. The molecule has 86 valence electrons. The standard InChI is InChI=1S/C14H17ClO/c1-4-10(3)14(16)8-7-11-12(15)6-5-9(2)13(11)14/h4-6,10,16H,1,7-8H2,2-3H3. The normalized spacial score (nSPS) is 25.2. The van der Waals surface area contributed by atoms with Crippen molar-refractivity contribution in [1.29, 1.82) is 0 Å². The van der Waals surface area contributed by atoms with Crippen molar-refractivity contribution >= 4 is 11.6 Å². The largest absolute Gasteiger partial charge is 0.385 e. The highest BCUT2D eigenvalue weighted by Crippen LogP contribution is 2.46. The molecule has 1 aromatic carbocycles. The highest BCUT2D eigenvalue weighted by Gasteiger charge is 2.42. The lowest BCUT2D eigenvalue weighted by molar-refractivity contribution is 0.00233. The molecule has 0 fully saturated rings. The summed E-state index contributed by atoms with van der Waals surface area (Å²) in [6.45, 7) is 7.81. The zero-order valence-electron chi connectivity index (χ0n) is 9.76. The maximum absolute atomic E-state index is 10.8. The first-order chi connectivity index (χ1) is 7.50. The molecule has 1 N–H and O–H groups in total. The fourth-order valence-electron chi connectivity index (χ4n) is 2.68. The van der Waals surface area contributed by atoms with Crippen LogP contribution in [0.5, 0.6) is 0 Å². The van der Waals surface area contributed by atoms with Crippen molar-refractivity contribution in [2.45, 2.75) is 32.3 Å². The highest BCUT2D eigenvalue weighted by molar-refractivity contribution is 6.31. The van der Waals surface area contributed by atoms with Crippen molar-refractivity contribution in [1.82, 2.24) is 0 Å². The molecule has 0 aromatic heterocycles. The van der Waals surface area contributed by atoms with Crippen LogP contribution in [0.15, 0.2) is 24.8 Å². The zero-order chi connectivity index (χ0) is 11.9. The van der Waals surface area contributed by atoms with E-state index >= 15 is 0 Å². The molecule has 0 spiro atoms. The quantitative estimate of drug-likeness (QED) is 0.778. The van der Waals surface area contributed by atoms with Crippen LogP contribution in [0.3, 0.4) is 0 Å². The van der Waals surface area contributed by atoms with Crippen LogP contribution in [0.25, 0.3) is 0 Å². The van der Waals surface area contributed by atoms with Crippen LogP contribution in [0.2, 0.25) is 5.02 Å². The number of fused-ring (bicyclic) bond motifs is 1. The number of aryl methyl sites for hydroxylation is 1. The summed E-state index contributed by atoms with van der Waals surface area (Å²) in [5.41, 5.74) is 2.46. The molecule has 2 unspecified atom stereocenters. The Labute approximate surface area is 102 Å². The van der Waals surface area contributed by atoms with E-state index in [4.69, 9.17) is 11.6 Å². The fourth-order valence-corrected chi connectivity index (χ4v) is 2.93. The van der Waals surface area contributed by atoms with E-state index in [2.05, 4.69) is 6.58 Å². The summed E-state index contributed by atoms with van der Waals surface area (Å²) in [6.07, 6.45) is 3.40. The fraction of sp³-hybridized carbons (Fsp3) is 0.429. The van der Waals surface area contributed by atoms with Gasteiger partial charge in [0, 0.05) is 10.9 Å². The summed E-state index contributed by atoms with van der Waals surface area (Å²) in [7, 11) is 0. The molecule has 0 saturated heterocycles. The Balaban J connectivity index is 2.62. The van der Waals surface area contributed by atoms with Crippen LogP contribution in [0.4, 0.5) is 0 Å². The van der Waals surface area contributed by atoms with Gasteiger partial charge in [0.1, 0.15) is 0 Å². The monoisotopic (exact) mass is 236 g/mol. The van der Waals surface area contributed by atoms with E-state index in [1.54, 1.807) is 0 Å². The van der Waals surface area contributed by atoms with Gasteiger partial charge in [0.25, 0.3) is 0 Å². The lowest BCUT2D eigenvalue weighted by Crippen LogP contribution is -2.30. The summed E-state index contributed by atoms with van der Waals surface area (Å²) in [5.74, 6) is 0.0471. The molecule has 2 atom stereocenters. The number of benzene rings is 1. The number of halogens is 1. The van der Waals surface area contributed by atoms with Crippen LogP contribution >= 0.6 is 11.6 Å². The van der Waals surface area contributed by atoms with Crippen molar-refractivity contribution in [3.63, 3.8) is 0 Å². The third-order valence-electron chi connectivity index (χ3n) is 3.76. The zero-order valence-corrected chi connectivity index (χ0v) is 10.5. The van der Waals surface area contributed by atoms with Gasteiger partial charge >= 0.3 is 0 Å². The third-order valence-corrected chi connectivity index (χ3v) is 4.11. The molecule has 0 aliphatic heterocycles. The van der Waals surface area contributed by atoms with Crippen molar-refractivity contribution in [3.05, 3.63) is 46.5 Å². The van der Waals surface area contributed by atoms with Crippen LogP contribution < -0.4 is 0 Å². The predicted octanol–water partition coefficient (Wildman–Crippen LogP) is 3.60. The van der Waals surface area contributed by atoms with Gasteiger partial charge in [0.05, 0.1) is 5.60 Å². The van der Waals surface area contributed by atoms with Gasteiger partial charge in [-0.1, -0.05) is 30.7 Å². The van der Waals surface area contributed by atoms with E-state index in [-0.39, 0.29) is 5.92 Å². The molecule has 1 aliphatic rings. The molecule has 0 heterocycles. The SMILES string of the molecule is C=CC(C)C1(O)CCc2c(Cl)ccc(C)c21. The molecule has 1 aromatic rings. The minimum Gasteiger partial charge on any atom is -0.385 e. The van der Waals surface area contributed by atoms with Gasteiger partial charge in [-0.15, -0.1) is 6.58 Å². The van der Waals surface area contributed by atoms with Gasteiger partial charge in [-0.3, -0.25) is 0 Å². The Hall–Kier alpha value is -0.790. The van der Waals surface area contributed by atoms with Crippen LogP contribution in [0, 0.1) is 12.8 Å². The lowest BCUT2D eigenvalue weighted by atomic mass is 9.82. The van der Waals surface area contributed by atoms with E-state index in [1.165, 1.54) is 0 Å². The maximum atomic E-state index is 10.8. The molecule has 1 nitrogen and oxygen atoms in total. The second kappa shape index (κ2) is 3.90. The van der Waals surface area contributed by atoms with E-state index in [1.807, 2.05) is 32.1 Å². The molecule has 0 radical (unpaired) electrons. The van der Waals surface area contributed by atoms with E-state index in [9.17, 15) is 5.11 Å². The summed E-state index contributed by atoms with van der Waals surface area (Å²) in [4.78, 5) is 0. The Morgan fingerprint density at radius 1 is 1.56 bits per heavy atom. The first-order valence-electron chi connectivity index (χ1n) is 5.64. The number of hydrogen-bond donors (Lipinski definition) is 1. The molecule has 2 rings (SSSR count). The molecule has 1 aliphatic carbocycles. The number of hydrogen-bond acceptors (Lipinski definition) is 1. The Morgan fingerprint density at radius 2 is 2.25 bits per heavy atom. The highest BCUT2D eigenvalue weighted by atomic mass is 35.5.